The van der Waals surface area contributed by atoms with Crippen molar-refractivity contribution >= 4 is 11.6 Å². The van der Waals surface area contributed by atoms with Gasteiger partial charge in [0.1, 0.15) is 5.82 Å². The minimum atomic E-state index is -0.657. The quantitative estimate of drug-likeness (QED) is 0.897. The molecular weight excluding hydrogens is 263 g/mol. The highest BCUT2D eigenvalue weighted by Crippen LogP contribution is 2.30. The van der Waals surface area contributed by atoms with Gasteiger partial charge in [0.05, 0.1) is 6.61 Å². The normalized spacial score (nSPS) is 14.1. The average molecular weight is 279 g/mol. The fraction of sp³-hybridized carbons (Fsp3) is 0.250. The van der Waals surface area contributed by atoms with E-state index in [1.807, 2.05) is 25.1 Å². The zero-order valence-corrected chi connectivity index (χ0v) is 11.5. The van der Waals surface area contributed by atoms with Gasteiger partial charge in [0.25, 0.3) is 0 Å². The van der Waals surface area contributed by atoms with Gasteiger partial charge < -0.3 is 5.11 Å². The fourth-order valence-electron chi connectivity index (χ4n) is 2.28. The smallest absolute Gasteiger partial charge is 0.127 e. The molecule has 2 aromatic rings. The van der Waals surface area contributed by atoms with E-state index >= 15 is 0 Å². The third-order valence-corrected chi connectivity index (χ3v) is 3.59. The largest absolute Gasteiger partial charge is 0.395 e. The van der Waals surface area contributed by atoms with Gasteiger partial charge in [0.15, 0.2) is 0 Å². The van der Waals surface area contributed by atoms with Crippen molar-refractivity contribution in [3.63, 3.8) is 0 Å². The van der Waals surface area contributed by atoms with E-state index < -0.39 is 5.41 Å². The Morgan fingerprint density at radius 1 is 1.16 bits per heavy atom. The minimum Gasteiger partial charge on any atom is -0.395 e. The van der Waals surface area contributed by atoms with Crippen molar-refractivity contribution in [1.82, 2.24) is 0 Å². The lowest BCUT2D eigenvalue weighted by Gasteiger charge is -2.28. The van der Waals surface area contributed by atoms with Crippen LogP contribution in [0.2, 0.25) is 5.02 Å². The standard InChI is InChI=1S/C16H16ClFO/c1-16(11-19,14-7-2-3-8-15(14)18)10-12-5-4-6-13(17)9-12/h2-9,19H,10-11H2,1H3. The van der Waals surface area contributed by atoms with Gasteiger partial charge in [0.2, 0.25) is 0 Å². The van der Waals surface area contributed by atoms with Crippen LogP contribution in [0.4, 0.5) is 4.39 Å². The van der Waals surface area contributed by atoms with Gasteiger partial charge in [0, 0.05) is 10.4 Å². The second-order valence-electron chi connectivity index (χ2n) is 5.01. The molecule has 0 heterocycles. The third kappa shape index (κ3) is 3.14. The predicted octanol–water partition coefficient (Wildman–Crippen LogP) is 3.97. The number of hydrogen-bond acceptors (Lipinski definition) is 1. The van der Waals surface area contributed by atoms with Crippen molar-refractivity contribution in [3.8, 4) is 0 Å². The number of aliphatic hydroxyl groups is 1. The Kier molecular flexibility index (Phi) is 4.23. The van der Waals surface area contributed by atoms with Crippen LogP contribution in [0.1, 0.15) is 18.1 Å². The Labute approximate surface area is 117 Å². The lowest BCUT2D eigenvalue weighted by atomic mass is 9.78. The maximum absolute atomic E-state index is 13.9. The lowest BCUT2D eigenvalue weighted by molar-refractivity contribution is 0.201. The van der Waals surface area contributed by atoms with Crippen LogP contribution in [-0.4, -0.2) is 11.7 Å². The van der Waals surface area contributed by atoms with Crippen molar-refractivity contribution < 1.29 is 9.50 Å². The van der Waals surface area contributed by atoms with Crippen LogP contribution in [0.25, 0.3) is 0 Å². The Morgan fingerprint density at radius 3 is 2.53 bits per heavy atom. The summed E-state index contributed by atoms with van der Waals surface area (Å²) < 4.78 is 13.9. The van der Waals surface area contributed by atoms with E-state index in [4.69, 9.17) is 11.6 Å². The maximum atomic E-state index is 13.9. The first-order valence-electron chi connectivity index (χ1n) is 6.15. The first kappa shape index (κ1) is 14.0. The molecule has 0 aromatic heterocycles. The third-order valence-electron chi connectivity index (χ3n) is 3.36. The summed E-state index contributed by atoms with van der Waals surface area (Å²) in [5.41, 5.74) is 0.848. The summed E-state index contributed by atoms with van der Waals surface area (Å²) in [4.78, 5) is 0. The van der Waals surface area contributed by atoms with Gasteiger partial charge in [-0.2, -0.15) is 0 Å². The molecular formula is C16H16ClFO. The van der Waals surface area contributed by atoms with E-state index in [0.29, 0.717) is 17.0 Å². The molecule has 19 heavy (non-hydrogen) atoms. The number of halogens is 2. The van der Waals surface area contributed by atoms with E-state index in [1.54, 1.807) is 24.3 Å². The number of rotatable bonds is 4. The lowest BCUT2D eigenvalue weighted by Crippen LogP contribution is -2.30. The Morgan fingerprint density at radius 2 is 1.89 bits per heavy atom. The van der Waals surface area contributed by atoms with Crippen LogP contribution in [0.5, 0.6) is 0 Å². The monoisotopic (exact) mass is 278 g/mol. The Bertz CT molecular complexity index is 570. The molecule has 100 valence electrons. The van der Waals surface area contributed by atoms with Gasteiger partial charge in [-0.05, 0) is 35.7 Å². The van der Waals surface area contributed by atoms with E-state index in [0.717, 1.165) is 5.56 Å². The maximum Gasteiger partial charge on any atom is 0.127 e. The molecule has 1 unspecified atom stereocenters. The van der Waals surface area contributed by atoms with Gasteiger partial charge >= 0.3 is 0 Å². The highest BCUT2D eigenvalue weighted by Gasteiger charge is 2.29. The second kappa shape index (κ2) is 5.72. The van der Waals surface area contributed by atoms with E-state index in [9.17, 15) is 9.50 Å². The molecule has 2 aromatic carbocycles. The summed E-state index contributed by atoms with van der Waals surface area (Å²) in [7, 11) is 0. The molecule has 0 spiro atoms. The molecule has 0 bridgehead atoms. The molecule has 0 aliphatic carbocycles. The summed E-state index contributed by atoms with van der Waals surface area (Å²) in [5.74, 6) is -0.291. The molecule has 0 radical (unpaired) electrons. The molecule has 0 aliphatic heterocycles. The number of benzene rings is 2. The Hall–Kier alpha value is -1.38. The first-order chi connectivity index (χ1) is 9.05. The van der Waals surface area contributed by atoms with Crippen LogP contribution in [0.3, 0.4) is 0 Å². The molecule has 0 amide bonds. The molecule has 3 heteroatoms. The van der Waals surface area contributed by atoms with Gasteiger partial charge in [-0.25, -0.2) is 4.39 Å². The van der Waals surface area contributed by atoms with Crippen LogP contribution < -0.4 is 0 Å². The zero-order chi connectivity index (χ0) is 13.9. The van der Waals surface area contributed by atoms with E-state index in [1.165, 1.54) is 6.07 Å². The first-order valence-corrected chi connectivity index (χ1v) is 6.53. The summed E-state index contributed by atoms with van der Waals surface area (Å²) >= 11 is 5.96. The molecule has 0 fully saturated rings. The summed E-state index contributed by atoms with van der Waals surface area (Å²) in [6, 6.07) is 14.0. The summed E-state index contributed by atoms with van der Waals surface area (Å²) in [6.07, 6.45) is 0.533. The van der Waals surface area contributed by atoms with Crippen molar-refractivity contribution in [3.05, 3.63) is 70.5 Å². The molecule has 1 nitrogen and oxygen atoms in total. The Balaban J connectivity index is 2.36. The van der Waals surface area contributed by atoms with Gasteiger partial charge in [-0.1, -0.05) is 48.9 Å². The molecule has 1 atom stereocenters. The molecule has 2 rings (SSSR count). The highest BCUT2D eigenvalue weighted by atomic mass is 35.5. The SMILES string of the molecule is CC(CO)(Cc1cccc(Cl)c1)c1ccccc1F. The zero-order valence-electron chi connectivity index (χ0n) is 10.7. The minimum absolute atomic E-state index is 0.125. The predicted molar refractivity (Wildman–Crippen MR) is 76.0 cm³/mol. The van der Waals surface area contributed by atoms with Crippen molar-refractivity contribution in [2.24, 2.45) is 0 Å². The topological polar surface area (TPSA) is 20.2 Å². The van der Waals surface area contributed by atoms with Crippen LogP contribution in [0, 0.1) is 5.82 Å². The van der Waals surface area contributed by atoms with E-state index in [-0.39, 0.29) is 12.4 Å². The van der Waals surface area contributed by atoms with Crippen LogP contribution >= 0.6 is 11.6 Å². The summed E-state index contributed by atoms with van der Waals surface area (Å²) in [6.45, 7) is 1.73. The van der Waals surface area contributed by atoms with E-state index in [2.05, 4.69) is 0 Å². The van der Waals surface area contributed by atoms with Gasteiger partial charge in [-0.15, -0.1) is 0 Å². The molecule has 0 saturated carbocycles. The van der Waals surface area contributed by atoms with Gasteiger partial charge in [-0.3, -0.25) is 0 Å². The van der Waals surface area contributed by atoms with Crippen molar-refractivity contribution in [1.29, 1.82) is 0 Å². The highest BCUT2D eigenvalue weighted by molar-refractivity contribution is 6.30. The summed E-state index contributed by atoms with van der Waals surface area (Å²) in [5, 5.41) is 10.3. The molecule has 1 N–H and O–H groups in total. The van der Waals surface area contributed by atoms with Crippen molar-refractivity contribution in [2.45, 2.75) is 18.8 Å². The van der Waals surface area contributed by atoms with Crippen LogP contribution in [0.15, 0.2) is 48.5 Å². The molecule has 0 saturated heterocycles. The fourth-order valence-corrected chi connectivity index (χ4v) is 2.50. The second-order valence-corrected chi connectivity index (χ2v) is 5.44. The number of hydrogen-bond donors (Lipinski definition) is 1. The number of aliphatic hydroxyl groups excluding tert-OH is 1. The van der Waals surface area contributed by atoms with Crippen molar-refractivity contribution in [2.75, 3.05) is 6.61 Å². The molecule has 0 aliphatic rings. The van der Waals surface area contributed by atoms with Crippen LogP contribution in [-0.2, 0) is 11.8 Å². The average Bonchev–Trinajstić information content (AvgIpc) is 2.39.